The van der Waals surface area contributed by atoms with E-state index in [1.165, 1.54) is 4.90 Å². The van der Waals surface area contributed by atoms with Crippen molar-refractivity contribution in [1.82, 2.24) is 4.90 Å². The van der Waals surface area contributed by atoms with Gasteiger partial charge in [0.1, 0.15) is 11.6 Å². The van der Waals surface area contributed by atoms with Crippen molar-refractivity contribution < 1.29 is 28.9 Å². The summed E-state index contributed by atoms with van der Waals surface area (Å²) in [6.07, 6.45) is 0.0346. The zero-order chi connectivity index (χ0) is 19.9. The highest BCUT2D eigenvalue weighted by molar-refractivity contribution is 5.81. The number of carboxylic acids is 1. The molecule has 1 N–H and O–H groups in total. The Labute approximate surface area is 160 Å². The zero-order valence-corrected chi connectivity index (χ0v) is 16.2. The molecule has 1 amide bonds. The van der Waals surface area contributed by atoms with Crippen molar-refractivity contribution in [3.63, 3.8) is 0 Å². The number of ether oxygens (including phenoxy) is 3. The van der Waals surface area contributed by atoms with Crippen LogP contribution in [-0.2, 0) is 25.6 Å². The molecule has 1 saturated heterocycles. The minimum Gasteiger partial charge on any atom is -0.480 e. The maximum atomic E-state index is 12.2. The van der Waals surface area contributed by atoms with Crippen molar-refractivity contribution >= 4 is 12.1 Å². The first kappa shape index (κ1) is 21.2. The van der Waals surface area contributed by atoms with Crippen LogP contribution >= 0.6 is 0 Å². The molecule has 7 heteroatoms. The van der Waals surface area contributed by atoms with E-state index in [-0.39, 0.29) is 19.1 Å². The summed E-state index contributed by atoms with van der Waals surface area (Å²) >= 11 is 0. The second-order valence-corrected chi connectivity index (χ2v) is 7.61. The van der Waals surface area contributed by atoms with Crippen LogP contribution in [-0.4, -0.2) is 59.6 Å². The Morgan fingerprint density at radius 1 is 1.19 bits per heavy atom. The van der Waals surface area contributed by atoms with E-state index in [9.17, 15) is 14.7 Å². The lowest BCUT2D eigenvalue weighted by Crippen LogP contribution is -2.43. The third kappa shape index (κ3) is 7.19. The normalized spacial score (nSPS) is 19.9. The molecule has 0 saturated carbocycles. The monoisotopic (exact) mass is 379 g/mol. The number of aliphatic carboxylic acids is 1. The number of likely N-dealkylation sites (tertiary alicyclic amines) is 1. The molecule has 1 aliphatic rings. The molecule has 1 aromatic rings. The Balaban J connectivity index is 1.70. The van der Waals surface area contributed by atoms with Gasteiger partial charge in [0.05, 0.1) is 19.3 Å². The van der Waals surface area contributed by atoms with E-state index in [1.54, 1.807) is 20.8 Å². The number of benzene rings is 1. The largest absolute Gasteiger partial charge is 0.480 e. The molecule has 1 aliphatic heterocycles. The quantitative estimate of drug-likeness (QED) is 0.699. The van der Waals surface area contributed by atoms with Gasteiger partial charge in [-0.05, 0) is 32.8 Å². The molecule has 0 radical (unpaired) electrons. The SMILES string of the molecule is CC(C)(C)OC(=O)N1C[C@H](OCCCOCc2ccccc2)CC1C(=O)O. The van der Waals surface area contributed by atoms with Gasteiger partial charge in [-0.3, -0.25) is 4.90 Å². The van der Waals surface area contributed by atoms with Gasteiger partial charge in [-0.1, -0.05) is 30.3 Å². The van der Waals surface area contributed by atoms with Crippen molar-refractivity contribution in [3.05, 3.63) is 35.9 Å². The fourth-order valence-electron chi connectivity index (χ4n) is 2.85. The van der Waals surface area contributed by atoms with E-state index in [4.69, 9.17) is 14.2 Å². The molecule has 0 aliphatic carbocycles. The maximum Gasteiger partial charge on any atom is 0.411 e. The van der Waals surface area contributed by atoms with Gasteiger partial charge in [0.2, 0.25) is 0 Å². The maximum absolute atomic E-state index is 12.2. The summed E-state index contributed by atoms with van der Waals surface area (Å²) in [5.41, 5.74) is 0.446. The predicted molar refractivity (Wildman–Crippen MR) is 99.4 cm³/mol. The molecule has 1 aromatic carbocycles. The summed E-state index contributed by atoms with van der Waals surface area (Å²) in [5, 5.41) is 9.37. The van der Waals surface area contributed by atoms with Crippen molar-refractivity contribution in [2.24, 2.45) is 0 Å². The Kier molecular flexibility index (Phi) is 7.62. The molecule has 0 spiro atoms. The first-order valence-corrected chi connectivity index (χ1v) is 9.22. The van der Waals surface area contributed by atoms with E-state index < -0.39 is 23.7 Å². The minimum atomic E-state index is -1.04. The van der Waals surface area contributed by atoms with E-state index >= 15 is 0 Å². The van der Waals surface area contributed by atoms with Gasteiger partial charge in [0, 0.05) is 19.6 Å². The molecular formula is C20H29NO6. The number of amides is 1. The van der Waals surface area contributed by atoms with Crippen molar-refractivity contribution in [2.75, 3.05) is 19.8 Å². The van der Waals surface area contributed by atoms with Crippen LogP contribution in [0.25, 0.3) is 0 Å². The molecule has 0 bridgehead atoms. The van der Waals surface area contributed by atoms with Crippen LogP contribution in [0.4, 0.5) is 4.79 Å². The van der Waals surface area contributed by atoms with Gasteiger partial charge in [0.25, 0.3) is 0 Å². The van der Waals surface area contributed by atoms with Crippen molar-refractivity contribution in [3.8, 4) is 0 Å². The lowest BCUT2D eigenvalue weighted by molar-refractivity contribution is -0.142. The Morgan fingerprint density at radius 2 is 1.89 bits per heavy atom. The molecule has 2 rings (SSSR count). The number of hydrogen-bond acceptors (Lipinski definition) is 5. The first-order valence-electron chi connectivity index (χ1n) is 9.22. The first-order chi connectivity index (χ1) is 12.8. The lowest BCUT2D eigenvalue weighted by Gasteiger charge is -2.26. The third-order valence-electron chi connectivity index (χ3n) is 4.07. The third-order valence-corrected chi connectivity index (χ3v) is 4.07. The molecule has 1 unspecified atom stereocenters. The van der Waals surface area contributed by atoms with Gasteiger partial charge >= 0.3 is 12.1 Å². The predicted octanol–water partition coefficient (Wildman–Crippen LogP) is 3.07. The van der Waals surface area contributed by atoms with Gasteiger partial charge in [-0.15, -0.1) is 0 Å². The van der Waals surface area contributed by atoms with Crippen LogP contribution in [0.2, 0.25) is 0 Å². The summed E-state index contributed by atoms with van der Waals surface area (Å²) in [6, 6.07) is 9.00. The topological polar surface area (TPSA) is 85.3 Å². The summed E-state index contributed by atoms with van der Waals surface area (Å²) < 4.78 is 16.7. The number of carbonyl (C=O) groups excluding carboxylic acids is 1. The van der Waals surface area contributed by atoms with Crippen LogP contribution in [0, 0.1) is 0 Å². The van der Waals surface area contributed by atoms with Gasteiger partial charge in [0.15, 0.2) is 0 Å². The summed E-state index contributed by atoms with van der Waals surface area (Å²) in [6.45, 7) is 7.03. The highest BCUT2D eigenvalue weighted by atomic mass is 16.6. The fourth-order valence-corrected chi connectivity index (χ4v) is 2.85. The molecule has 0 aromatic heterocycles. The van der Waals surface area contributed by atoms with E-state index in [1.807, 2.05) is 30.3 Å². The number of carbonyl (C=O) groups is 2. The van der Waals surface area contributed by atoms with Crippen molar-refractivity contribution in [1.29, 1.82) is 0 Å². The number of carboxylic acid groups (broad SMARTS) is 1. The van der Waals surface area contributed by atoms with E-state index in [2.05, 4.69) is 0 Å². The van der Waals surface area contributed by atoms with Crippen LogP contribution in [0.3, 0.4) is 0 Å². The van der Waals surface area contributed by atoms with Crippen LogP contribution in [0.5, 0.6) is 0 Å². The van der Waals surface area contributed by atoms with E-state index in [0.717, 1.165) is 5.56 Å². The fraction of sp³-hybridized carbons (Fsp3) is 0.600. The Hall–Kier alpha value is -2.12. The highest BCUT2D eigenvalue weighted by Gasteiger charge is 2.42. The molecule has 2 atom stereocenters. The molecule has 1 fully saturated rings. The lowest BCUT2D eigenvalue weighted by atomic mass is 10.2. The van der Waals surface area contributed by atoms with Gasteiger partial charge in [-0.25, -0.2) is 9.59 Å². The highest BCUT2D eigenvalue weighted by Crippen LogP contribution is 2.23. The molecule has 150 valence electrons. The minimum absolute atomic E-state index is 0.219. The molecule has 27 heavy (non-hydrogen) atoms. The van der Waals surface area contributed by atoms with Crippen LogP contribution in [0.15, 0.2) is 30.3 Å². The second-order valence-electron chi connectivity index (χ2n) is 7.61. The summed E-state index contributed by atoms with van der Waals surface area (Å²) in [4.78, 5) is 24.9. The molecular weight excluding hydrogens is 350 g/mol. The van der Waals surface area contributed by atoms with Gasteiger partial charge < -0.3 is 19.3 Å². The van der Waals surface area contributed by atoms with Gasteiger partial charge in [-0.2, -0.15) is 0 Å². The summed E-state index contributed by atoms with van der Waals surface area (Å²) in [7, 11) is 0. The zero-order valence-electron chi connectivity index (χ0n) is 16.2. The Bertz CT molecular complexity index is 613. The van der Waals surface area contributed by atoms with Crippen LogP contribution < -0.4 is 0 Å². The average molecular weight is 379 g/mol. The number of nitrogens with zero attached hydrogens (tertiary/aromatic N) is 1. The Morgan fingerprint density at radius 3 is 2.52 bits per heavy atom. The number of hydrogen-bond donors (Lipinski definition) is 1. The molecule has 1 heterocycles. The smallest absolute Gasteiger partial charge is 0.411 e. The molecule has 7 nitrogen and oxygen atoms in total. The van der Waals surface area contributed by atoms with Crippen molar-refractivity contribution in [2.45, 2.75) is 58.0 Å². The van der Waals surface area contributed by atoms with Crippen LogP contribution in [0.1, 0.15) is 39.2 Å². The standard InChI is InChI=1S/C20H29NO6/c1-20(2,3)27-19(24)21-13-16(12-17(21)18(22)23)26-11-7-10-25-14-15-8-5-4-6-9-15/h4-6,8-9,16-17H,7,10-14H2,1-3H3,(H,22,23)/t16-,17?/m1/s1. The average Bonchev–Trinajstić information content (AvgIpc) is 3.02. The number of rotatable bonds is 8. The summed E-state index contributed by atoms with van der Waals surface area (Å²) in [5.74, 6) is -1.04. The second kappa shape index (κ2) is 9.71. The van der Waals surface area contributed by atoms with E-state index in [0.29, 0.717) is 26.2 Å².